The van der Waals surface area contributed by atoms with E-state index in [0.717, 1.165) is 101 Å². The van der Waals surface area contributed by atoms with Gasteiger partial charge in [-0.25, -0.2) is 0 Å². The van der Waals surface area contributed by atoms with E-state index < -0.39 is 0 Å². The van der Waals surface area contributed by atoms with Crippen molar-refractivity contribution in [2.45, 2.75) is 0 Å². The Morgan fingerprint density at radius 3 is 0.863 bits per heavy atom. The molecule has 0 amide bonds. The third kappa shape index (κ3) is 8.22. The lowest BCUT2D eigenvalue weighted by molar-refractivity contribution is 1.10. The van der Waals surface area contributed by atoms with Crippen LogP contribution in [0.1, 0.15) is 0 Å². The van der Waals surface area contributed by atoms with Gasteiger partial charge in [0.25, 0.3) is 0 Å². The molecular formula is C74H52N6. The highest BCUT2D eigenvalue weighted by molar-refractivity contribution is 6.02. The molecule has 4 aromatic heterocycles. The van der Waals surface area contributed by atoms with E-state index in [2.05, 4.69) is 344 Å². The maximum atomic E-state index is 2.44. The molecule has 0 saturated carbocycles. The van der Waals surface area contributed by atoms with Gasteiger partial charge in [0.05, 0.1) is 33.5 Å². The van der Waals surface area contributed by atoms with Crippen LogP contribution in [0.4, 0.5) is 34.1 Å². The first-order valence-corrected chi connectivity index (χ1v) is 27.2. The first-order chi connectivity index (χ1) is 39.7. The topological polar surface area (TPSA) is 26.2 Å². The van der Waals surface area contributed by atoms with Crippen LogP contribution in [0.3, 0.4) is 0 Å². The lowest BCUT2D eigenvalue weighted by atomic mass is 10.1. The highest BCUT2D eigenvalue weighted by atomic mass is 15.1. The molecule has 0 saturated heterocycles. The van der Waals surface area contributed by atoms with Crippen molar-refractivity contribution in [3.63, 3.8) is 0 Å². The van der Waals surface area contributed by atoms with Crippen molar-refractivity contribution in [2.75, 3.05) is 9.80 Å². The summed E-state index contributed by atoms with van der Waals surface area (Å²) in [5.41, 5.74) is 20.0. The summed E-state index contributed by atoms with van der Waals surface area (Å²) in [6.07, 6.45) is 4.33. The van der Waals surface area contributed by atoms with Gasteiger partial charge >= 0.3 is 0 Å². The normalized spacial score (nSPS) is 11.5. The lowest BCUT2D eigenvalue weighted by Crippen LogP contribution is -2.09. The smallest absolute Gasteiger partial charge is 0.0542 e. The molecule has 15 rings (SSSR count). The van der Waals surface area contributed by atoms with Crippen LogP contribution in [0, 0.1) is 0 Å². The summed E-state index contributed by atoms with van der Waals surface area (Å²) < 4.78 is 9.42. The summed E-state index contributed by atoms with van der Waals surface area (Å²) in [6, 6.07) is 110. The summed E-state index contributed by atoms with van der Waals surface area (Å²) in [4.78, 5) is 4.63. The average Bonchev–Trinajstić information content (AvgIpc) is 4.52. The van der Waals surface area contributed by atoms with Crippen LogP contribution in [0.5, 0.6) is 0 Å². The van der Waals surface area contributed by atoms with Crippen LogP contribution >= 0.6 is 0 Å². The van der Waals surface area contributed by atoms with Gasteiger partial charge in [0.1, 0.15) is 0 Å². The zero-order valence-corrected chi connectivity index (χ0v) is 43.7. The fraction of sp³-hybridized carbons (Fsp3) is 0. The Hall–Kier alpha value is -10.8. The number of benzene rings is 11. The number of rotatable bonds is 12. The van der Waals surface area contributed by atoms with Crippen molar-refractivity contribution in [2.24, 2.45) is 0 Å². The Morgan fingerprint density at radius 1 is 0.212 bits per heavy atom. The first kappa shape index (κ1) is 46.5. The van der Waals surface area contributed by atoms with Gasteiger partial charge in [0, 0.05) is 80.0 Å². The van der Waals surface area contributed by atoms with Gasteiger partial charge in [0.15, 0.2) is 0 Å². The van der Waals surface area contributed by atoms with Crippen LogP contribution in [-0.4, -0.2) is 18.3 Å². The summed E-state index contributed by atoms with van der Waals surface area (Å²) >= 11 is 0. The average molecular weight is 1030 g/mol. The van der Waals surface area contributed by atoms with E-state index in [9.17, 15) is 0 Å². The minimum Gasteiger partial charge on any atom is -0.317 e. The zero-order valence-electron chi connectivity index (χ0n) is 43.7. The monoisotopic (exact) mass is 1020 g/mol. The molecule has 378 valence electrons. The van der Waals surface area contributed by atoms with Crippen LogP contribution in [0.2, 0.25) is 0 Å². The molecule has 0 fully saturated rings. The van der Waals surface area contributed by atoms with E-state index in [1.165, 1.54) is 21.8 Å². The number of nitrogens with zero attached hydrogens (tertiary/aromatic N) is 6. The molecule has 6 heteroatoms. The van der Waals surface area contributed by atoms with E-state index in [1.807, 2.05) is 0 Å². The van der Waals surface area contributed by atoms with E-state index in [4.69, 9.17) is 0 Å². The predicted molar refractivity (Wildman–Crippen MR) is 334 cm³/mol. The number of anilines is 6. The zero-order chi connectivity index (χ0) is 52.9. The summed E-state index contributed by atoms with van der Waals surface area (Å²) in [5.74, 6) is 0. The minimum atomic E-state index is 1.08. The van der Waals surface area contributed by atoms with Crippen LogP contribution in [-0.2, 0) is 0 Å². The Balaban J connectivity index is 0.900. The van der Waals surface area contributed by atoms with E-state index >= 15 is 0 Å². The lowest BCUT2D eigenvalue weighted by Gasteiger charge is -2.25. The fourth-order valence-corrected chi connectivity index (χ4v) is 11.8. The van der Waals surface area contributed by atoms with Gasteiger partial charge in [-0.1, -0.05) is 133 Å². The van der Waals surface area contributed by atoms with Crippen molar-refractivity contribution >= 4 is 77.7 Å². The Labute approximate surface area is 464 Å². The minimum absolute atomic E-state index is 1.08. The molecule has 4 heterocycles. The molecule has 0 bridgehead atoms. The summed E-state index contributed by atoms with van der Waals surface area (Å²) in [7, 11) is 0. The maximum Gasteiger partial charge on any atom is 0.0542 e. The molecule has 0 radical (unpaired) electrons. The third-order valence-electron chi connectivity index (χ3n) is 15.6. The number of para-hydroxylation sites is 6. The van der Waals surface area contributed by atoms with Crippen molar-refractivity contribution in [3.05, 3.63) is 316 Å². The second kappa shape index (κ2) is 19.6. The number of fused-ring (bicyclic) bond motifs is 4. The largest absolute Gasteiger partial charge is 0.317 e. The number of hydrogen-bond donors (Lipinski definition) is 0. The molecule has 11 aromatic carbocycles. The van der Waals surface area contributed by atoms with Gasteiger partial charge in [-0.3, -0.25) is 0 Å². The third-order valence-corrected chi connectivity index (χ3v) is 15.6. The van der Waals surface area contributed by atoms with Gasteiger partial charge in [-0.05, 0) is 192 Å². The molecule has 0 unspecified atom stereocenters. The molecule has 0 N–H and O–H groups in total. The van der Waals surface area contributed by atoms with Gasteiger partial charge in [-0.2, -0.15) is 0 Å². The quantitative estimate of drug-likeness (QED) is 0.122. The molecule has 0 aliphatic heterocycles. The molecule has 0 atom stereocenters. The molecule has 6 nitrogen and oxygen atoms in total. The van der Waals surface area contributed by atoms with Gasteiger partial charge in [0.2, 0.25) is 0 Å². The van der Waals surface area contributed by atoms with Crippen LogP contribution in [0.25, 0.3) is 88.9 Å². The van der Waals surface area contributed by atoms with Gasteiger partial charge < -0.3 is 28.1 Å². The SMILES string of the molecule is c1ccc(N(c2ccccc2)c2ccc(-c3cc4cc5c(cc(-c6ccc(N(c7ccccc7)c7ccccc7)cc6)n5-c5ccc(-n6ccc7ccccc76)cc5)cc4n3-c3ccc(-n4ccc5ccccc54)cc3)cc2)cc1. The molecule has 0 aliphatic rings. The van der Waals surface area contributed by atoms with Crippen molar-refractivity contribution in [1.29, 1.82) is 0 Å². The second-order valence-corrected chi connectivity index (χ2v) is 20.3. The summed E-state index contributed by atoms with van der Waals surface area (Å²) in [5, 5.41) is 4.72. The Kier molecular flexibility index (Phi) is 11.4. The van der Waals surface area contributed by atoms with E-state index in [0.29, 0.717) is 0 Å². The van der Waals surface area contributed by atoms with Gasteiger partial charge in [-0.15, -0.1) is 0 Å². The molecule has 0 spiro atoms. The fourth-order valence-electron chi connectivity index (χ4n) is 11.8. The Morgan fingerprint density at radius 2 is 0.512 bits per heavy atom. The van der Waals surface area contributed by atoms with Crippen LogP contribution in [0.15, 0.2) is 316 Å². The van der Waals surface area contributed by atoms with Crippen LogP contribution < -0.4 is 9.80 Å². The second-order valence-electron chi connectivity index (χ2n) is 20.3. The van der Waals surface area contributed by atoms with E-state index in [1.54, 1.807) is 0 Å². The highest BCUT2D eigenvalue weighted by Gasteiger charge is 2.21. The molecule has 80 heavy (non-hydrogen) atoms. The molecule has 0 aliphatic carbocycles. The van der Waals surface area contributed by atoms with E-state index in [-0.39, 0.29) is 0 Å². The Bertz CT molecular complexity index is 4270. The van der Waals surface area contributed by atoms with Crippen molar-refractivity contribution < 1.29 is 0 Å². The highest BCUT2D eigenvalue weighted by Crippen LogP contribution is 2.42. The molecular weight excluding hydrogens is 973 g/mol. The summed E-state index contributed by atoms with van der Waals surface area (Å²) in [6.45, 7) is 0. The number of hydrogen-bond acceptors (Lipinski definition) is 2. The maximum absolute atomic E-state index is 2.44. The first-order valence-electron chi connectivity index (χ1n) is 27.2. The molecule has 15 aromatic rings. The number of aromatic nitrogens is 4. The predicted octanol–water partition coefficient (Wildman–Crippen LogP) is 19.7. The van der Waals surface area contributed by atoms with Crippen molar-refractivity contribution in [3.8, 4) is 45.3 Å². The standard InChI is InChI=1S/C74H52N6/c1-5-19-61(20-6-1)77(62-21-7-2-8-22-62)65-33-29-55(30-34-65)71-49-57-51-74-58(52-73(57)79(71)67-41-37-59(38-42-67)75-47-45-53-17-13-15-27-69(53)75)50-72(80(74)68-43-39-60(40-44-68)76-48-46-54-18-14-16-28-70(54)76)56-31-35-66(36-32-56)78(63-23-9-3-10-24-63)64-25-11-4-12-26-64/h1-52H. The van der Waals surface area contributed by atoms with Crippen molar-refractivity contribution in [1.82, 2.24) is 18.3 Å².